The number of halogens is 1. The fourth-order valence-electron chi connectivity index (χ4n) is 21.8. The smallest absolute Gasteiger partial charge is 0.247 e. The lowest BCUT2D eigenvalue weighted by Crippen LogP contribution is -2.35. The number of nitrogens with two attached hydrogens (primary N) is 1. The number of methoxy groups -OCH3 is 2. The molecule has 5 N–H and O–H groups in total. The summed E-state index contributed by atoms with van der Waals surface area (Å²) in [4.78, 5) is 75.1. The van der Waals surface area contributed by atoms with Gasteiger partial charge in [-0.3, -0.25) is 28.8 Å². The van der Waals surface area contributed by atoms with Gasteiger partial charge >= 0.3 is 0 Å². The lowest BCUT2D eigenvalue weighted by atomic mass is 10.0. The van der Waals surface area contributed by atoms with Crippen molar-refractivity contribution in [2.45, 2.75) is 38.8 Å². The second kappa shape index (κ2) is 24.3. The third-order valence-electron chi connectivity index (χ3n) is 24.7. The van der Waals surface area contributed by atoms with Crippen molar-refractivity contribution in [2.24, 2.45) is 70.7 Å². The Morgan fingerprint density at radius 2 is 0.687 bits per heavy atom. The van der Waals surface area contributed by atoms with Crippen LogP contribution in [0.4, 0.5) is 11.4 Å². The van der Waals surface area contributed by atoms with Crippen molar-refractivity contribution >= 4 is 57.8 Å². The first-order valence-corrected chi connectivity index (χ1v) is 35.2. The summed E-state index contributed by atoms with van der Waals surface area (Å²) in [6, 6.07) is 30.9. The van der Waals surface area contributed by atoms with Gasteiger partial charge < -0.3 is 78.9 Å². The molecule has 20 rings (SSSR count). The van der Waals surface area contributed by atoms with E-state index in [4.69, 9.17) is 60.0 Å². The Morgan fingerprint density at radius 3 is 1.02 bits per heavy atom. The molecule has 2 aliphatic heterocycles. The van der Waals surface area contributed by atoms with Gasteiger partial charge in [-0.2, -0.15) is 0 Å². The molecule has 99 heavy (non-hydrogen) atoms. The molecule has 16 aliphatic rings. The number of rotatable bonds is 39. The predicted octanol–water partition coefficient (Wildman–Crippen LogP) is 3.91. The lowest BCUT2D eigenvalue weighted by molar-refractivity contribution is -0.125. The molecule has 23 heteroatoms. The number of nitrogens with one attached hydrogen (secondary N) is 3. The van der Waals surface area contributed by atoms with Crippen LogP contribution in [0.25, 0.3) is 0 Å². The van der Waals surface area contributed by atoms with Crippen molar-refractivity contribution in [1.82, 2.24) is 16.0 Å². The van der Waals surface area contributed by atoms with E-state index in [-0.39, 0.29) is 94.7 Å². The summed E-state index contributed by atoms with van der Waals surface area (Å²) < 4.78 is 52.2. The van der Waals surface area contributed by atoms with Crippen molar-refractivity contribution in [2.75, 3.05) is 169 Å². The number of nitrogens with zero attached hydrogens (tertiary/aromatic N) is 2. The van der Waals surface area contributed by atoms with Crippen LogP contribution >= 0.6 is 11.6 Å². The zero-order valence-electron chi connectivity index (χ0n) is 55.9. The van der Waals surface area contributed by atoms with E-state index in [0.717, 1.165) is 44.8 Å². The standard InChI is InChI=1S/C32H41N3O8.C29H37N3O6.2C6.C3H5ClO2/c1-39-25-31(37)34-15-17-41-19-21-43-23-22-42-20-18-40-16-13-30(36)33-14-12-32(38)35-24-28-8-3-2-6-26(28)10-11-27-7-4-5-9-29(27)35;30-13-16-36-18-20-38-22-21-37-19-17-35-15-12-28(33)31-14-11-29(34)32-23-26-7-2-1-5-24(26)9-10-25-6-3-4-8-27(25)32;2*1-2-3(1)5(1)4(1,2)6(2,3)5;1-6-2-3(4)5/h2-9H,12-25H2,1H3,(H,33,36)(H,34,37);1-8H,11-23,30H2,(H,31,33);;;2H2,1H3. The molecule has 14 fully saturated rings. The molecule has 14 saturated carbocycles. The van der Waals surface area contributed by atoms with Gasteiger partial charge in [0.2, 0.25) is 34.8 Å². The zero-order valence-corrected chi connectivity index (χ0v) is 56.7. The fraction of sp³-hybridized carbons (Fsp3) is 0.553. The summed E-state index contributed by atoms with van der Waals surface area (Å²) in [5.74, 6) is 12.1. The number of amides is 5. The highest BCUT2D eigenvalue weighted by atomic mass is 35.5. The largest absolute Gasteiger partial charge is 0.379 e. The van der Waals surface area contributed by atoms with Crippen LogP contribution in [-0.2, 0) is 89.2 Å². The number of anilines is 2. The number of fused-ring (bicyclic) bond motifs is 24. The van der Waals surface area contributed by atoms with Crippen LogP contribution in [0.15, 0.2) is 97.1 Å². The Kier molecular flexibility index (Phi) is 16.3. The Balaban J connectivity index is 0.000000119. The normalized spacial score (nSPS) is 33.5. The second-order valence-corrected chi connectivity index (χ2v) is 28.2. The minimum Gasteiger partial charge on any atom is -0.379 e. The van der Waals surface area contributed by atoms with Crippen molar-refractivity contribution < 1.29 is 76.1 Å². The predicted molar refractivity (Wildman–Crippen MR) is 357 cm³/mol. The van der Waals surface area contributed by atoms with Crippen LogP contribution < -0.4 is 31.5 Å². The van der Waals surface area contributed by atoms with Gasteiger partial charge in [0.25, 0.3) is 0 Å². The average molecular weight is 1370 g/mol. The molecule has 14 aliphatic carbocycles. The van der Waals surface area contributed by atoms with Crippen molar-refractivity contribution in [3.8, 4) is 23.7 Å². The Labute approximate surface area is 579 Å². The summed E-state index contributed by atoms with van der Waals surface area (Å²) >= 11 is 4.81. The molecular weight excluding hydrogens is 1290 g/mol. The highest BCUT2D eigenvalue weighted by Crippen LogP contribution is 4.01. The molecule has 5 amide bonds. The summed E-state index contributed by atoms with van der Waals surface area (Å²) in [6.45, 7) is 9.05. The number of carbonyl (C=O) groups is 6. The van der Waals surface area contributed by atoms with Gasteiger partial charge in [0, 0.05) is 153 Å². The minimum atomic E-state index is -0.461. The summed E-state index contributed by atoms with van der Waals surface area (Å²) in [7, 11) is 2.88. The first kappa shape index (κ1) is 66.4. The van der Waals surface area contributed by atoms with Crippen LogP contribution in [-0.4, -0.2) is 194 Å². The molecule has 0 unspecified atom stereocenters. The van der Waals surface area contributed by atoms with Crippen LogP contribution in [0.3, 0.4) is 0 Å². The maximum Gasteiger partial charge on any atom is 0.247 e. The van der Waals surface area contributed by atoms with Gasteiger partial charge in [0.1, 0.15) is 13.2 Å². The minimum absolute atomic E-state index is 0.00154. The molecule has 520 valence electrons. The fourth-order valence-corrected chi connectivity index (χ4v) is 22.0. The second-order valence-electron chi connectivity index (χ2n) is 27.8. The number of ether oxygens (including phenoxy) is 10. The Morgan fingerprint density at radius 1 is 0.384 bits per heavy atom. The molecule has 0 radical (unpaired) electrons. The average Bonchev–Trinajstić information content (AvgIpc) is 1.11. The molecule has 0 atom stereocenters. The van der Waals surface area contributed by atoms with Crippen LogP contribution in [0.1, 0.15) is 59.1 Å². The van der Waals surface area contributed by atoms with E-state index in [2.05, 4.69) is 44.4 Å². The van der Waals surface area contributed by atoms with Gasteiger partial charge in [0.15, 0.2) is 0 Å². The monoisotopic (exact) mass is 1370 g/mol. The summed E-state index contributed by atoms with van der Waals surface area (Å²) in [5, 5.41) is 7.81. The van der Waals surface area contributed by atoms with E-state index in [0.29, 0.717) is 119 Å². The van der Waals surface area contributed by atoms with Crippen LogP contribution in [0.5, 0.6) is 0 Å². The number of carbonyl (C=O) groups excluding carboxylic acids is 6. The van der Waals surface area contributed by atoms with Crippen LogP contribution in [0.2, 0.25) is 0 Å². The van der Waals surface area contributed by atoms with E-state index >= 15 is 0 Å². The number of hydrogen-bond acceptors (Lipinski definition) is 17. The summed E-state index contributed by atoms with van der Waals surface area (Å²) in [5.41, 5.74) is 27.3. The first-order valence-electron chi connectivity index (χ1n) is 34.8. The van der Waals surface area contributed by atoms with E-state index < -0.39 is 5.24 Å². The van der Waals surface area contributed by atoms with E-state index in [1.807, 2.05) is 97.1 Å². The van der Waals surface area contributed by atoms with Gasteiger partial charge in [-0.25, -0.2) is 0 Å². The number of benzene rings is 4. The van der Waals surface area contributed by atoms with Gasteiger partial charge in [-0.05, 0) is 59.1 Å². The summed E-state index contributed by atoms with van der Waals surface area (Å²) in [6.07, 6.45) is 0.774. The number of para-hydroxylation sites is 2. The molecule has 20 bridgehead atoms. The first-order chi connectivity index (χ1) is 48.5. The molecule has 2 heterocycles. The molecule has 4 aromatic rings. The maximum atomic E-state index is 13.2. The third-order valence-corrected chi connectivity index (χ3v) is 24.8. The highest BCUT2D eigenvalue weighted by Gasteiger charge is 4.01. The molecule has 4 aromatic carbocycles. The quantitative estimate of drug-likeness (QED) is 0.0280. The van der Waals surface area contributed by atoms with Gasteiger partial charge in [0.05, 0.1) is 130 Å². The van der Waals surface area contributed by atoms with Gasteiger partial charge in [-0.15, -0.1) is 0 Å². The lowest BCUT2D eigenvalue weighted by Gasteiger charge is -2.26. The van der Waals surface area contributed by atoms with E-state index in [9.17, 15) is 28.8 Å². The van der Waals surface area contributed by atoms with E-state index in [1.165, 1.54) is 79.2 Å². The molecular formula is C76H83ClN6O16. The molecule has 22 nitrogen and oxygen atoms in total. The SMILES string of the molecule is C123C45C16C21C34C561.C123C45C16C21C34C561.COCC(=O)Cl.COCC(=O)NCCOCCOCCOCCOCCC(=O)NCCC(=O)N1Cc2ccccc2C#Cc2ccccc21.NCCOCCOCCOCCOCCC(=O)NCCC(=O)N1Cc2ccccc2C#Cc2ccccc21. The third kappa shape index (κ3) is 7.67. The maximum absolute atomic E-state index is 13.2. The topological polar surface area (TPSA) is 263 Å². The van der Waals surface area contributed by atoms with Gasteiger partial charge in [-0.1, -0.05) is 84.3 Å². The van der Waals surface area contributed by atoms with Crippen molar-refractivity contribution in [3.63, 3.8) is 0 Å². The highest BCUT2D eigenvalue weighted by molar-refractivity contribution is 6.63. The van der Waals surface area contributed by atoms with Crippen molar-refractivity contribution in [3.05, 3.63) is 130 Å². The molecule has 4 spiro atoms. The molecule has 0 saturated heterocycles. The van der Waals surface area contributed by atoms with Crippen molar-refractivity contribution in [1.29, 1.82) is 0 Å². The number of hydrogen-bond donors (Lipinski definition) is 4. The zero-order chi connectivity index (χ0) is 68.4. The Hall–Kier alpha value is -7.13. The van der Waals surface area contributed by atoms with Crippen LogP contribution in [0, 0.1) is 88.7 Å². The molecule has 0 aromatic heterocycles. The Bertz CT molecular complexity index is 3710. The van der Waals surface area contributed by atoms with E-state index in [1.54, 1.807) is 9.80 Å².